The second-order valence-corrected chi connectivity index (χ2v) is 4.64. The van der Waals surface area contributed by atoms with E-state index in [4.69, 9.17) is 0 Å². The number of likely N-dealkylation sites (N-methyl/N-ethyl adjacent to an activating group) is 1. The van der Waals surface area contributed by atoms with E-state index in [1.165, 1.54) is 4.90 Å². The van der Waals surface area contributed by atoms with Gasteiger partial charge in [0.2, 0.25) is 0 Å². The van der Waals surface area contributed by atoms with Crippen LogP contribution in [0, 0.1) is 0 Å². The molecule has 1 heterocycles. The molecule has 0 spiro atoms. The number of nitrogens with zero attached hydrogens (tertiary/aromatic N) is 1. The molecule has 0 aliphatic carbocycles. The third kappa shape index (κ3) is 2.05. The highest BCUT2D eigenvalue weighted by Gasteiger charge is 2.31. The van der Waals surface area contributed by atoms with Crippen LogP contribution in [0.2, 0.25) is 0 Å². The van der Waals surface area contributed by atoms with Crippen LogP contribution in [0.4, 0.5) is 4.79 Å². The van der Waals surface area contributed by atoms with Crippen LogP contribution in [-0.2, 0) is 4.79 Å². The fourth-order valence-electron chi connectivity index (χ4n) is 2.32. The zero-order valence-electron chi connectivity index (χ0n) is 11.1. The summed E-state index contributed by atoms with van der Waals surface area (Å²) in [7, 11) is 0. The Kier molecular flexibility index (Phi) is 2.99. The Hall–Kier alpha value is -2.62. The maximum Gasteiger partial charge on any atom is 0.328 e. The molecule has 100 valence electrons. The summed E-state index contributed by atoms with van der Waals surface area (Å²) >= 11 is 0. The van der Waals surface area contributed by atoms with E-state index in [0.29, 0.717) is 12.2 Å². The molecule has 3 amide bonds. The lowest BCUT2D eigenvalue weighted by Gasteiger charge is -2.06. The number of carbonyl (C=O) groups is 2. The SMILES string of the molecule is CCN1C(=O)NC(=Cc2ccc3ccccc3c2)C1=O. The van der Waals surface area contributed by atoms with Crippen molar-refractivity contribution in [3.63, 3.8) is 0 Å². The summed E-state index contributed by atoms with van der Waals surface area (Å²) in [4.78, 5) is 24.8. The summed E-state index contributed by atoms with van der Waals surface area (Å²) in [5, 5.41) is 4.85. The van der Waals surface area contributed by atoms with Crippen molar-refractivity contribution in [2.45, 2.75) is 6.92 Å². The van der Waals surface area contributed by atoms with Crippen LogP contribution < -0.4 is 5.32 Å². The molecule has 1 saturated heterocycles. The number of hydrogen-bond acceptors (Lipinski definition) is 2. The van der Waals surface area contributed by atoms with Crippen molar-refractivity contribution in [1.82, 2.24) is 10.2 Å². The van der Waals surface area contributed by atoms with Crippen molar-refractivity contribution in [3.8, 4) is 0 Å². The lowest BCUT2D eigenvalue weighted by atomic mass is 10.1. The Morgan fingerprint density at radius 3 is 2.55 bits per heavy atom. The van der Waals surface area contributed by atoms with E-state index in [1.54, 1.807) is 13.0 Å². The molecule has 2 aromatic rings. The number of hydrogen-bond donors (Lipinski definition) is 1. The van der Waals surface area contributed by atoms with Gasteiger partial charge in [0, 0.05) is 6.54 Å². The first-order valence-electron chi connectivity index (χ1n) is 6.52. The topological polar surface area (TPSA) is 49.4 Å². The van der Waals surface area contributed by atoms with E-state index in [-0.39, 0.29) is 11.9 Å². The number of benzene rings is 2. The predicted octanol–water partition coefficient (Wildman–Crippen LogP) is 2.75. The number of fused-ring (bicyclic) bond motifs is 1. The molecule has 0 aromatic heterocycles. The van der Waals surface area contributed by atoms with E-state index in [0.717, 1.165) is 16.3 Å². The van der Waals surface area contributed by atoms with Crippen molar-refractivity contribution < 1.29 is 9.59 Å². The Morgan fingerprint density at radius 1 is 1.10 bits per heavy atom. The lowest BCUT2D eigenvalue weighted by molar-refractivity contribution is -0.122. The number of imide groups is 1. The van der Waals surface area contributed by atoms with Crippen LogP contribution in [0.5, 0.6) is 0 Å². The number of urea groups is 1. The van der Waals surface area contributed by atoms with Crippen LogP contribution >= 0.6 is 0 Å². The van der Waals surface area contributed by atoms with E-state index >= 15 is 0 Å². The van der Waals surface area contributed by atoms with Gasteiger partial charge in [0.25, 0.3) is 5.91 Å². The lowest BCUT2D eigenvalue weighted by Crippen LogP contribution is -2.30. The third-order valence-electron chi connectivity index (χ3n) is 3.36. The second-order valence-electron chi connectivity index (χ2n) is 4.64. The number of amides is 3. The molecule has 2 aromatic carbocycles. The monoisotopic (exact) mass is 266 g/mol. The molecule has 20 heavy (non-hydrogen) atoms. The van der Waals surface area contributed by atoms with Crippen LogP contribution in [0.3, 0.4) is 0 Å². The first-order chi connectivity index (χ1) is 9.69. The van der Waals surface area contributed by atoms with Gasteiger partial charge in [-0.1, -0.05) is 36.4 Å². The molecule has 0 unspecified atom stereocenters. The summed E-state index contributed by atoms with van der Waals surface area (Å²) in [6.45, 7) is 2.15. The fraction of sp³-hybridized carbons (Fsp3) is 0.125. The van der Waals surface area contributed by atoms with Gasteiger partial charge in [0.15, 0.2) is 0 Å². The van der Waals surface area contributed by atoms with Crippen molar-refractivity contribution in [2.24, 2.45) is 0 Å². The summed E-state index contributed by atoms with van der Waals surface area (Å²) in [6, 6.07) is 13.6. The maximum absolute atomic E-state index is 12.0. The largest absolute Gasteiger partial charge is 0.328 e. The van der Waals surface area contributed by atoms with E-state index in [2.05, 4.69) is 5.32 Å². The standard InChI is InChI=1S/C16H14N2O2/c1-2-18-15(19)14(17-16(18)20)10-11-7-8-12-5-3-4-6-13(12)9-11/h3-10H,2H2,1H3,(H,17,20). The normalized spacial score (nSPS) is 17.1. The molecule has 4 heteroatoms. The van der Waals surface area contributed by atoms with Crippen LogP contribution in [0.25, 0.3) is 16.8 Å². The van der Waals surface area contributed by atoms with Gasteiger partial charge in [-0.3, -0.25) is 9.69 Å². The van der Waals surface area contributed by atoms with Crippen molar-refractivity contribution in [3.05, 3.63) is 53.7 Å². The van der Waals surface area contributed by atoms with E-state index in [1.807, 2.05) is 42.5 Å². The predicted molar refractivity (Wildman–Crippen MR) is 77.8 cm³/mol. The fourth-order valence-corrected chi connectivity index (χ4v) is 2.32. The minimum atomic E-state index is -0.357. The average Bonchev–Trinajstić information content (AvgIpc) is 2.73. The molecule has 3 rings (SSSR count). The van der Waals surface area contributed by atoms with Gasteiger partial charge in [-0.25, -0.2) is 4.79 Å². The molecular weight excluding hydrogens is 252 g/mol. The molecule has 1 N–H and O–H groups in total. The second kappa shape index (κ2) is 4.81. The summed E-state index contributed by atoms with van der Waals surface area (Å²) in [5.41, 5.74) is 1.22. The number of rotatable bonds is 2. The number of nitrogens with one attached hydrogen (secondary N) is 1. The minimum absolute atomic E-state index is 0.273. The highest BCUT2D eigenvalue weighted by atomic mass is 16.2. The van der Waals surface area contributed by atoms with Gasteiger partial charge in [-0.2, -0.15) is 0 Å². The molecule has 0 bridgehead atoms. The van der Waals surface area contributed by atoms with Crippen molar-refractivity contribution in [2.75, 3.05) is 6.54 Å². The van der Waals surface area contributed by atoms with Crippen LogP contribution in [-0.4, -0.2) is 23.4 Å². The summed E-state index contributed by atoms with van der Waals surface area (Å²) in [5.74, 6) is -0.273. The molecule has 1 aliphatic rings. The van der Waals surface area contributed by atoms with Gasteiger partial charge >= 0.3 is 6.03 Å². The zero-order valence-corrected chi connectivity index (χ0v) is 11.1. The quantitative estimate of drug-likeness (QED) is 0.671. The van der Waals surface area contributed by atoms with E-state index < -0.39 is 0 Å². The molecule has 1 aliphatic heterocycles. The van der Waals surface area contributed by atoms with Gasteiger partial charge in [-0.05, 0) is 35.4 Å². The Balaban J connectivity index is 1.98. The molecule has 4 nitrogen and oxygen atoms in total. The van der Waals surface area contributed by atoms with Crippen molar-refractivity contribution in [1.29, 1.82) is 0 Å². The highest BCUT2D eigenvalue weighted by Crippen LogP contribution is 2.19. The first-order valence-corrected chi connectivity index (χ1v) is 6.52. The highest BCUT2D eigenvalue weighted by molar-refractivity contribution is 6.14. The van der Waals surface area contributed by atoms with Crippen LogP contribution in [0.1, 0.15) is 12.5 Å². The van der Waals surface area contributed by atoms with Gasteiger partial charge in [-0.15, -0.1) is 0 Å². The van der Waals surface area contributed by atoms with Crippen LogP contribution in [0.15, 0.2) is 48.2 Å². The van der Waals surface area contributed by atoms with Gasteiger partial charge in [0.1, 0.15) is 5.70 Å². The average molecular weight is 266 g/mol. The molecule has 0 atom stereocenters. The summed E-state index contributed by atoms with van der Waals surface area (Å²) < 4.78 is 0. The number of carbonyl (C=O) groups excluding carboxylic acids is 2. The summed E-state index contributed by atoms with van der Waals surface area (Å²) in [6.07, 6.45) is 1.71. The maximum atomic E-state index is 12.0. The zero-order chi connectivity index (χ0) is 14.1. The Morgan fingerprint density at radius 2 is 1.85 bits per heavy atom. The smallest absolute Gasteiger partial charge is 0.303 e. The molecular formula is C16H14N2O2. The Labute approximate surface area is 116 Å². The van der Waals surface area contributed by atoms with Gasteiger partial charge < -0.3 is 5.32 Å². The van der Waals surface area contributed by atoms with Gasteiger partial charge in [0.05, 0.1) is 0 Å². The third-order valence-corrected chi connectivity index (χ3v) is 3.36. The Bertz CT molecular complexity index is 734. The molecule has 0 saturated carbocycles. The van der Waals surface area contributed by atoms with Crippen molar-refractivity contribution >= 4 is 28.8 Å². The molecule has 1 fully saturated rings. The minimum Gasteiger partial charge on any atom is -0.303 e. The van der Waals surface area contributed by atoms with E-state index in [9.17, 15) is 9.59 Å². The molecule has 0 radical (unpaired) electrons. The first kappa shape index (κ1) is 12.4.